The van der Waals surface area contributed by atoms with Crippen LogP contribution in [0, 0.1) is 5.41 Å². The Kier molecular flexibility index (Phi) is 3.93. The Morgan fingerprint density at radius 1 is 1.00 bits per heavy atom. The highest BCUT2D eigenvalue weighted by molar-refractivity contribution is 7.87. The van der Waals surface area contributed by atoms with Crippen LogP contribution in [0.25, 0.3) is 0 Å². The predicted octanol–water partition coefficient (Wildman–Crippen LogP) is 2.44. The Morgan fingerprint density at radius 2 is 1.38 bits per heavy atom. The smallest absolute Gasteiger partial charge is 0.262 e. The van der Waals surface area contributed by atoms with E-state index in [0.717, 1.165) is 0 Å². The van der Waals surface area contributed by atoms with Crippen molar-refractivity contribution in [3.05, 3.63) is 0 Å². The van der Waals surface area contributed by atoms with Gasteiger partial charge in [-0.1, -0.05) is 0 Å². The van der Waals surface area contributed by atoms with E-state index < -0.39 is 33.8 Å². The Labute approximate surface area is 87.5 Å². The fourth-order valence-corrected chi connectivity index (χ4v) is 0.957. The molecule has 0 radical (unpaired) electrons. The van der Waals surface area contributed by atoms with Crippen molar-refractivity contribution < 1.29 is 38.9 Å². The van der Waals surface area contributed by atoms with Gasteiger partial charge in [0.2, 0.25) is 0 Å². The van der Waals surface area contributed by atoms with Gasteiger partial charge in [0.05, 0.1) is 12.0 Å². The SMILES string of the molecule is CC(C)(COS(=O)(=O)C(F)(F)F)C(F)(F)F. The van der Waals surface area contributed by atoms with Crippen molar-refractivity contribution in [1.29, 1.82) is 0 Å². The third kappa shape index (κ3) is 3.51. The third-order valence-corrected chi connectivity index (χ3v) is 2.62. The standard InChI is InChI=1S/C6H8F6O3S/c1-4(2,5(7,8)9)3-15-16(13,14)6(10,11)12/h3H2,1-2H3. The van der Waals surface area contributed by atoms with Gasteiger partial charge in [-0.25, -0.2) is 0 Å². The molecule has 16 heavy (non-hydrogen) atoms. The quantitative estimate of drug-likeness (QED) is 0.451. The molecule has 0 aliphatic heterocycles. The first kappa shape index (κ1) is 15.5. The second kappa shape index (κ2) is 4.06. The molecule has 0 saturated carbocycles. The summed E-state index contributed by atoms with van der Waals surface area (Å²) in [5, 5.41) is 0. The van der Waals surface area contributed by atoms with Gasteiger partial charge in [0.15, 0.2) is 0 Å². The van der Waals surface area contributed by atoms with Crippen LogP contribution in [0.5, 0.6) is 0 Å². The van der Waals surface area contributed by atoms with Crippen molar-refractivity contribution in [2.24, 2.45) is 5.41 Å². The van der Waals surface area contributed by atoms with E-state index in [-0.39, 0.29) is 0 Å². The van der Waals surface area contributed by atoms with Gasteiger partial charge in [-0.15, -0.1) is 0 Å². The van der Waals surface area contributed by atoms with Crippen molar-refractivity contribution in [2.75, 3.05) is 6.61 Å². The fraction of sp³-hybridized carbons (Fsp3) is 1.00. The lowest BCUT2D eigenvalue weighted by Crippen LogP contribution is -2.39. The maximum atomic E-state index is 12.1. The molecule has 10 heteroatoms. The van der Waals surface area contributed by atoms with Gasteiger partial charge in [0.25, 0.3) is 0 Å². The number of halogens is 6. The van der Waals surface area contributed by atoms with Gasteiger partial charge >= 0.3 is 21.8 Å². The van der Waals surface area contributed by atoms with Crippen LogP contribution in [0.15, 0.2) is 0 Å². The zero-order chi connectivity index (χ0) is 13.4. The summed E-state index contributed by atoms with van der Waals surface area (Å²) in [7, 11) is -5.99. The summed E-state index contributed by atoms with van der Waals surface area (Å²) in [6.45, 7) is -0.573. The molecule has 0 heterocycles. The zero-order valence-electron chi connectivity index (χ0n) is 8.11. The van der Waals surface area contributed by atoms with Gasteiger partial charge in [0, 0.05) is 0 Å². The van der Waals surface area contributed by atoms with Crippen molar-refractivity contribution in [3.8, 4) is 0 Å². The van der Waals surface area contributed by atoms with E-state index in [1.54, 1.807) is 0 Å². The van der Waals surface area contributed by atoms with Gasteiger partial charge in [-0.3, -0.25) is 4.18 Å². The molecule has 0 fully saturated rings. The molecule has 0 atom stereocenters. The molecule has 0 unspecified atom stereocenters. The Bertz CT molecular complexity index is 338. The summed E-state index contributed by atoms with van der Waals surface area (Å²) in [6.07, 6.45) is -4.87. The summed E-state index contributed by atoms with van der Waals surface area (Å²) >= 11 is 0. The second-order valence-electron chi connectivity index (χ2n) is 3.54. The van der Waals surface area contributed by atoms with Crippen LogP contribution in [0.3, 0.4) is 0 Å². The highest BCUT2D eigenvalue weighted by atomic mass is 32.2. The zero-order valence-corrected chi connectivity index (χ0v) is 8.92. The van der Waals surface area contributed by atoms with E-state index in [2.05, 4.69) is 4.18 Å². The van der Waals surface area contributed by atoms with Crippen molar-refractivity contribution >= 4 is 10.1 Å². The van der Waals surface area contributed by atoms with Gasteiger partial charge in [-0.2, -0.15) is 34.8 Å². The molecule has 0 aromatic heterocycles. The highest BCUT2D eigenvalue weighted by Crippen LogP contribution is 2.38. The average molecular weight is 274 g/mol. The van der Waals surface area contributed by atoms with E-state index in [1.165, 1.54) is 0 Å². The molecule has 0 spiro atoms. The molecule has 0 amide bonds. The van der Waals surface area contributed by atoms with E-state index >= 15 is 0 Å². The molecule has 0 aromatic carbocycles. The lowest BCUT2D eigenvalue weighted by atomic mass is 9.94. The van der Waals surface area contributed by atoms with Crippen molar-refractivity contribution in [2.45, 2.75) is 25.5 Å². The molecular formula is C6H8F6O3S. The van der Waals surface area contributed by atoms with Crippen LogP contribution >= 0.6 is 0 Å². The van der Waals surface area contributed by atoms with Crippen LogP contribution in [-0.4, -0.2) is 26.7 Å². The van der Waals surface area contributed by atoms with Crippen LogP contribution < -0.4 is 0 Å². The Hall–Kier alpha value is -0.510. The summed E-state index contributed by atoms with van der Waals surface area (Å²) in [5.41, 5.74) is -8.42. The van der Waals surface area contributed by atoms with E-state index in [0.29, 0.717) is 13.8 Å². The number of rotatable bonds is 3. The minimum atomic E-state index is -5.99. The van der Waals surface area contributed by atoms with Crippen LogP contribution in [0.2, 0.25) is 0 Å². The molecular weight excluding hydrogens is 266 g/mol. The first-order valence-corrected chi connectivity index (χ1v) is 5.14. The molecule has 98 valence electrons. The van der Waals surface area contributed by atoms with E-state index in [9.17, 15) is 34.8 Å². The average Bonchev–Trinajstić information content (AvgIpc) is 1.97. The van der Waals surface area contributed by atoms with Crippen LogP contribution in [0.4, 0.5) is 26.3 Å². The largest absolute Gasteiger partial charge is 0.523 e. The maximum absolute atomic E-state index is 12.1. The summed E-state index contributed by atoms with van der Waals surface area (Å²) < 4.78 is 95.5. The lowest BCUT2D eigenvalue weighted by Gasteiger charge is -2.26. The molecule has 0 N–H and O–H groups in total. The number of alkyl halides is 6. The van der Waals surface area contributed by atoms with E-state index in [1.807, 2.05) is 0 Å². The number of hydrogen-bond acceptors (Lipinski definition) is 3. The first-order chi connectivity index (χ1) is 6.71. The predicted molar refractivity (Wildman–Crippen MR) is 40.8 cm³/mol. The van der Waals surface area contributed by atoms with Crippen molar-refractivity contribution in [3.63, 3.8) is 0 Å². The normalized spacial score (nSPS) is 15.2. The molecule has 0 aliphatic carbocycles. The molecule has 0 bridgehead atoms. The van der Waals surface area contributed by atoms with Crippen LogP contribution in [-0.2, 0) is 14.3 Å². The minimum Gasteiger partial charge on any atom is -0.262 e. The summed E-state index contributed by atoms with van der Waals surface area (Å²) in [6, 6.07) is 0. The second-order valence-corrected chi connectivity index (χ2v) is 5.15. The van der Waals surface area contributed by atoms with Crippen LogP contribution in [0.1, 0.15) is 13.8 Å². The first-order valence-electron chi connectivity index (χ1n) is 3.73. The highest BCUT2D eigenvalue weighted by Gasteiger charge is 2.52. The van der Waals surface area contributed by atoms with Crippen molar-refractivity contribution in [1.82, 2.24) is 0 Å². The fourth-order valence-electron chi connectivity index (χ4n) is 0.374. The molecule has 0 rings (SSSR count). The molecule has 0 aromatic rings. The molecule has 0 aliphatic rings. The van der Waals surface area contributed by atoms with Gasteiger partial charge in [0.1, 0.15) is 0 Å². The monoisotopic (exact) mass is 274 g/mol. The molecule has 0 saturated heterocycles. The Balaban J connectivity index is 4.73. The minimum absolute atomic E-state index is 0.527. The Morgan fingerprint density at radius 3 is 1.62 bits per heavy atom. The lowest BCUT2D eigenvalue weighted by molar-refractivity contribution is -0.220. The van der Waals surface area contributed by atoms with Gasteiger partial charge in [-0.05, 0) is 13.8 Å². The summed E-state index contributed by atoms with van der Waals surface area (Å²) in [5.74, 6) is 0. The van der Waals surface area contributed by atoms with Gasteiger partial charge < -0.3 is 0 Å². The third-order valence-electron chi connectivity index (χ3n) is 1.63. The summed E-state index contributed by atoms with van der Waals surface area (Å²) in [4.78, 5) is 0. The number of hydrogen-bond donors (Lipinski definition) is 0. The van der Waals surface area contributed by atoms with E-state index in [4.69, 9.17) is 0 Å². The molecule has 3 nitrogen and oxygen atoms in total. The topological polar surface area (TPSA) is 43.4 Å². The maximum Gasteiger partial charge on any atom is 0.523 e.